The number of hydrogen-bond acceptors (Lipinski definition) is 3. The molecule has 0 spiro atoms. The van der Waals surface area contributed by atoms with Crippen LogP contribution in [0, 0.1) is 12.8 Å². The molecule has 1 amide bonds. The van der Waals surface area contributed by atoms with Crippen molar-refractivity contribution in [3.63, 3.8) is 0 Å². The van der Waals surface area contributed by atoms with Crippen LogP contribution in [0.15, 0.2) is 35.7 Å². The van der Waals surface area contributed by atoms with Crippen LogP contribution < -0.4 is 5.32 Å². The summed E-state index contributed by atoms with van der Waals surface area (Å²) in [5, 5.41) is 5.44. The molecule has 1 aromatic heterocycles. The van der Waals surface area contributed by atoms with Crippen molar-refractivity contribution >= 4 is 17.2 Å². The number of rotatable bonds is 5. The summed E-state index contributed by atoms with van der Waals surface area (Å²) in [5.41, 5.74) is 3.75. The SMILES string of the molecule is Cc1ccc([C@H]2c3ccsc3CCN2C(=O)CNCC(C)C)cc1. The number of carbonyl (C=O) groups excluding carboxylic acids is 1. The van der Waals surface area contributed by atoms with Crippen molar-refractivity contribution in [2.75, 3.05) is 19.6 Å². The third-order valence-electron chi connectivity index (χ3n) is 4.51. The number of benzene rings is 1. The number of fused-ring (bicyclic) bond motifs is 1. The molecule has 0 saturated carbocycles. The van der Waals surface area contributed by atoms with E-state index >= 15 is 0 Å². The molecule has 3 rings (SSSR count). The summed E-state index contributed by atoms with van der Waals surface area (Å²) in [4.78, 5) is 16.3. The van der Waals surface area contributed by atoms with Gasteiger partial charge in [-0.05, 0) is 48.4 Å². The molecule has 0 bridgehead atoms. The highest BCUT2D eigenvalue weighted by Gasteiger charge is 2.32. The number of nitrogens with one attached hydrogen (secondary N) is 1. The highest BCUT2D eigenvalue weighted by atomic mass is 32.1. The zero-order chi connectivity index (χ0) is 17.1. The van der Waals surface area contributed by atoms with Gasteiger partial charge in [-0.1, -0.05) is 43.7 Å². The van der Waals surface area contributed by atoms with E-state index in [0.717, 1.165) is 19.5 Å². The number of thiophene rings is 1. The topological polar surface area (TPSA) is 32.3 Å². The number of carbonyl (C=O) groups is 1. The van der Waals surface area contributed by atoms with Crippen molar-refractivity contribution in [2.24, 2.45) is 5.92 Å². The van der Waals surface area contributed by atoms with Crippen LogP contribution in [-0.2, 0) is 11.2 Å². The van der Waals surface area contributed by atoms with E-state index in [1.54, 1.807) is 0 Å². The number of aryl methyl sites for hydroxylation is 1. The minimum atomic E-state index is 0.0500. The average Bonchev–Trinajstić information content (AvgIpc) is 3.03. The van der Waals surface area contributed by atoms with Gasteiger partial charge in [-0.25, -0.2) is 0 Å². The summed E-state index contributed by atoms with van der Waals surface area (Å²) in [7, 11) is 0. The molecular weight excluding hydrogens is 316 g/mol. The quantitative estimate of drug-likeness (QED) is 0.897. The van der Waals surface area contributed by atoms with Gasteiger partial charge in [-0.15, -0.1) is 11.3 Å². The monoisotopic (exact) mass is 342 g/mol. The van der Waals surface area contributed by atoms with Gasteiger partial charge in [0.05, 0.1) is 12.6 Å². The molecule has 1 atom stereocenters. The highest BCUT2D eigenvalue weighted by molar-refractivity contribution is 7.10. The molecule has 0 saturated heterocycles. The maximum atomic E-state index is 12.8. The Morgan fingerprint density at radius 3 is 2.75 bits per heavy atom. The Morgan fingerprint density at radius 2 is 2.04 bits per heavy atom. The molecule has 4 heteroatoms. The first-order chi connectivity index (χ1) is 11.6. The lowest BCUT2D eigenvalue weighted by Gasteiger charge is -2.36. The molecule has 0 fully saturated rings. The van der Waals surface area contributed by atoms with Crippen molar-refractivity contribution in [2.45, 2.75) is 33.2 Å². The van der Waals surface area contributed by atoms with Crippen LogP contribution in [0.1, 0.15) is 41.5 Å². The van der Waals surface area contributed by atoms with Gasteiger partial charge in [0.1, 0.15) is 0 Å². The number of nitrogens with zero attached hydrogens (tertiary/aromatic N) is 1. The van der Waals surface area contributed by atoms with E-state index < -0.39 is 0 Å². The fourth-order valence-electron chi connectivity index (χ4n) is 3.26. The Labute approximate surface area is 148 Å². The van der Waals surface area contributed by atoms with Crippen LogP contribution in [0.3, 0.4) is 0 Å². The molecule has 3 nitrogen and oxygen atoms in total. The van der Waals surface area contributed by atoms with E-state index in [1.807, 2.05) is 16.2 Å². The first kappa shape index (κ1) is 17.2. The zero-order valence-corrected chi connectivity index (χ0v) is 15.5. The van der Waals surface area contributed by atoms with E-state index in [0.29, 0.717) is 12.5 Å². The molecule has 2 heterocycles. The summed E-state index contributed by atoms with van der Waals surface area (Å²) in [6, 6.07) is 10.8. The predicted octanol–water partition coefficient (Wildman–Crippen LogP) is 3.78. The molecule has 1 aliphatic rings. The maximum Gasteiger partial charge on any atom is 0.237 e. The Bertz CT molecular complexity index is 690. The fraction of sp³-hybridized carbons (Fsp3) is 0.450. The van der Waals surface area contributed by atoms with E-state index in [4.69, 9.17) is 0 Å². The molecular formula is C20H26N2OS. The van der Waals surface area contributed by atoms with E-state index in [1.165, 1.54) is 21.6 Å². The van der Waals surface area contributed by atoms with Crippen LogP contribution >= 0.6 is 11.3 Å². The van der Waals surface area contributed by atoms with Crippen LogP contribution in [0.4, 0.5) is 0 Å². The maximum absolute atomic E-state index is 12.8. The molecule has 1 aliphatic heterocycles. The Hall–Kier alpha value is -1.65. The highest BCUT2D eigenvalue weighted by Crippen LogP contribution is 2.37. The van der Waals surface area contributed by atoms with Crippen molar-refractivity contribution < 1.29 is 4.79 Å². The summed E-state index contributed by atoms with van der Waals surface area (Å²) >= 11 is 1.81. The zero-order valence-electron chi connectivity index (χ0n) is 14.7. The Kier molecular flexibility index (Phi) is 5.36. The van der Waals surface area contributed by atoms with Gasteiger partial charge >= 0.3 is 0 Å². The largest absolute Gasteiger partial charge is 0.330 e. The summed E-state index contributed by atoms with van der Waals surface area (Å²) < 4.78 is 0. The van der Waals surface area contributed by atoms with Crippen LogP contribution in [0.5, 0.6) is 0 Å². The third-order valence-corrected chi connectivity index (χ3v) is 5.50. The standard InChI is InChI=1S/C20H26N2OS/c1-14(2)12-21-13-19(23)22-10-8-18-17(9-11-24-18)20(22)16-6-4-15(3)5-7-16/h4-7,9,11,14,20-21H,8,10,12-13H2,1-3H3/t20-/m0/s1. The summed E-state index contributed by atoms with van der Waals surface area (Å²) in [6.45, 7) is 8.50. The van der Waals surface area contributed by atoms with Crippen molar-refractivity contribution in [3.8, 4) is 0 Å². The summed E-state index contributed by atoms with van der Waals surface area (Å²) in [6.07, 6.45) is 0.964. The first-order valence-electron chi connectivity index (χ1n) is 8.69. The number of hydrogen-bond donors (Lipinski definition) is 1. The van der Waals surface area contributed by atoms with Gasteiger partial charge in [-0.2, -0.15) is 0 Å². The Morgan fingerprint density at radius 1 is 1.29 bits per heavy atom. The van der Waals surface area contributed by atoms with Crippen LogP contribution in [0.2, 0.25) is 0 Å². The summed E-state index contributed by atoms with van der Waals surface area (Å²) in [5.74, 6) is 0.744. The first-order valence-corrected chi connectivity index (χ1v) is 9.57. The van der Waals surface area contributed by atoms with Gasteiger partial charge < -0.3 is 10.2 Å². The molecule has 1 aromatic carbocycles. The van der Waals surface area contributed by atoms with Gasteiger partial charge in [0.2, 0.25) is 5.91 Å². The second-order valence-electron chi connectivity index (χ2n) is 6.97. The second kappa shape index (κ2) is 7.49. The van der Waals surface area contributed by atoms with E-state index in [9.17, 15) is 4.79 Å². The average molecular weight is 343 g/mol. The normalized spacial score (nSPS) is 17.2. The van der Waals surface area contributed by atoms with Crippen LogP contribution in [-0.4, -0.2) is 30.4 Å². The van der Waals surface area contributed by atoms with Crippen LogP contribution in [0.25, 0.3) is 0 Å². The van der Waals surface area contributed by atoms with Crippen molar-refractivity contribution in [3.05, 3.63) is 57.3 Å². The molecule has 0 aliphatic carbocycles. The molecule has 2 aromatic rings. The minimum Gasteiger partial charge on any atom is -0.330 e. The van der Waals surface area contributed by atoms with Crippen molar-refractivity contribution in [1.82, 2.24) is 10.2 Å². The van der Waals surface area contributed by atoms with Gasteiger partial charge in [0.25, 0.3) is 0 Å². The van der Waals surface area contributed by atoms with Gasteiger partial charge in [0, 0.05) is 11.4 Å². The smallest absolute Gasteiger partial charge is 0.237 e. The third kappa shape index (κ3) is 3.70. The molecule has 0 radical (unpaired) electrons. The molecule has 0 unspecified atom stereocenters. The molecule has 1 N–H and O–H groups in total. The van der Waals surface area contributed by atoms with Gasteiger partial charge in [0.15, 0.2) is 0 Å². The molecule has 128 valence electrons. The number of amides is 1. The van der Waals surface area contributed by atoms with E-state index in [2.05, 4.69) is 61.8 Å². The fourth-order valence-corrected chi connectivity index (χ4v) is 4.17. The predicted molar refractivity (Wildman–Crippen MR) is 100 cm³/mol. The second-order valence-corrected chi connectivity index (χ2v) is 7.97. The lowest BCUT2D eigenvalue weighted by molar-refractivity contribution is -0.132. The molecule has 24 heavy (non-hydrogen) atoms. The minimum absolute atomic E-state index is 0.0500. The Balaban J connectivity index is 1.84. The lowest BCUT2D eigenvalue weighted by Crippen LogP contribution is -2.44. The van der Waals surface area contributed by atoms with E-state index in [-0.39, 0.29) is 11.9 Å². The van der Waals surface area contributed by atoms with Crippen molar-refractivity contribution in [1.29, 1.82) is 0 Å². The van der Waals surface area contributed by atoms with Gasteiger partial charge in [-0.3, -0.25) is 4.79 Å². The lowest BCUT2D eigenvalue weighted by atomic mass is 9.92.